The van der Waals surface area contributed by atoms with E-state index in [1.54, 1.807) is 28.4 Å². The first-order valence-electron chi connectivity index (χ1n) is 9.69. The van der Waals surface area contributed by atoms with Gasteiger partial charge in [-0.3, -0.25) is 0 Å². The summed E-state index contributed by atoms with van der Waals surface area (Å²) in [6.45, 7) is 2.08. The molecule has 30 heavy (non-hydrogen) atoms. The average Bonchev–Trinajstić information content (AvgIpc) is 3.08. The highest BCUT2D eigenvalue weighted by Crippen LogP contribution is 2.38. The molecule has 0 amide bonds. The topological polar surface area (TPSA) is 61.6 Å². The second-order valence-corrected chi connectivity index (χ2v) is 6.74. The molecule has 0 radical (unpaired) electrons. The molecule has 0 saturated heterocycles. The molecule has 156 valence electrons. The lowest BCUT2D eigenvalue weighted by Gasteiger charge is -2.20. The van der Waals surface area contributed by atoms with Crippen LogP contribution in [0.15, 0.2) is 57.7 Å². The minimum atomic E-state index is -0.0624. The first kappa shape index (κ1) is 21.3. The molecule has 0 spiro atoms. The van der Waals surface area contributed by atoms with E-state index in [1.807, 2.05) is 30.4 Å². The molecule has 0 aromatic heterocycles. The van der Waals surface area contributed by atoms with E-state index in [1.165, 1.54) is 0 Å². The number of methoxy groups -OCH3 is 4. The fourth-order valence-corrected chi connectivity index (χ4v) is 3.70. The van der Waals surface area contributed by atoms with E-state index in [4.69, 9.17) is 25.4 Å². The van der Waals surface area contributed by atoms with Crippen molar-refractivity contribution >= 4 is 11.4 Å². The average molecular weight is 406 g/mol. The molecule has 1 atom stereocenters. The number of hydrogen-bond donors (Lipinski definition) is 0. The van der Waals surface area contributed by atoms with Crippen molar-refractivity contribution in [2.45, 2.75) is 25.7 Å². The number of terminal acetylenes is 1. The van der Waals surface area contributed by atoms with E-state index in [0.717, 1.165) is 28.8 Å². The van der Waals surface area contributed by atoms with Gasteiger partial charge < -0.3 is 18.9 Å². The smallest absolute Gasteiger partial charge is 0.161 e. The third kappa shape index (κ3) is 3.84. The van der Waals surface area contributed by atoms with Gasteiger partial charge in [0.25, 0.3) is 0 Å². The van der Waals surface area contributed by atoms with Crippen molar-refractivity contribution in [1.29, 1.82) is 0 Å². The van der Waals surface area contributed by atoms with E-state index in [9.17, 15) is 0 Å². The lowest BCUT2D eigenvalue weighted by atomic mass is 9.85. The van der Waals surface area contributed by atoms with Gasteiger partial charge in [0.1, 0.15) is 5.71 Å². The highest BCUT2D eigenvalue weighted by atomic mass is 16.5. The van der Waals surface area contributed by atoms with Crippen LogP contribution in [-0.2, 0) is 9.47 Å². The molecule has 1 heterocycles. The van der Waals surface area contributed by atoms with Crippen LogP contribution >= 0.6 is 0 Å². The number of nitrogens with zero attached hydrogens (tertiary/aromatic N) is 2. The third-order valence-corrected chi connectivity index (χ3v) is 5.26. The van der Waals surface area contributed by atoms with Crippen LogP contribution < -0.4 is 9.47 Å². The van der Waals surface area contributed by atoms with E-state index < -0.39 is 0 Å². The molecule has 1 aromatic carbocycles. The van der Waals surface area contributed by atoms with Gasteiger partial charge in [0.15, 0.2) is 23.0 Å². The minimum absolute atomic E-state index is 0.0624. The Kier molecular flexibility index (Phi) is 6.63. The monoisotopic (exact) mass is 406 g/mol. The SMILES string of the molecule is C#CC1=NN=C(C2=CC=C(OC)C(OC)=CC2)c2cc(OC)c(OC)cc2C1CC. The Hall–Kier alpha value is -3.46. The highest BCUT2D eigenvalue weighted by molar-refractivity contribution is 6.17. The molecule has 6 heteroatoms. The summed E-state index contributed by atoms with van der Waals surface area (Å²) in [5.74, 6) is 5.23. The summed E-state index contributed by atoms with van der Waals surface area (Å²) in [4.78, 5) is 0. The van der Waals surface area contributed by atoms with Crippen molar-refractivity contribution in [2.75, 3.05) is 28.4 Å². The Bertz CT molecular complexity index is 1020. The minimum Gasteiger partial charge on any atom is -0.493 e. The molecular formula is C24H26N2O4. The molecular weight excluding hydrogens is 380 g/mol. The van der Waals surface area contributed by atoms with Crippen molar-refractivity contribution in [1.82, 2.24) is 0 Å². The van der Waals surface area contributed by atoms with Crippen LogP contribution in [0.5, 0.6) is 11.5 Å². The second kappa shape index (κ2) is 9.36. The summed E-state index contributed by atoms with van der Waals surface area (Å²) in [5.41, 5.74) is 4.22. The highest BCUT2D eigenvalue weighted by Gasteiger charge is 2.28. The normalized spacial score (nSPS) is 18.1. The maximum Gasteiger partial charge on any atom is 0.161 e. The predicted octanol–water partition coefficient (Wildman–Crippen LogP) is 4.38. The Morgan fingerprint density at radius 2 is 1.67 bits per heavy atom. The second-order valence-electron chi connectivity index (χ2n) is 6.74. The number of ether oxygens (including phenoxy) is 4. The van der Waals surface area contributed by atoms with Crippen LogP contribution in [-0.4, -0.2) is 39.9 Å². The number of benzene rings is 1. The van der Waals surface area contributed by atoms with Crippen molar-refractivity contribution < 1.29 is 18.9 Å². The fraction of sp³-hybridized carbons (Fsp3) is 0.333. The Morgan fingerprint density at radius 3 is 2.27 bits per heavy atom. The van der Waals surface area contributed by atoms with Crippen molar-refractivity contribution in [2.24, 2.45) is 10.2 Å². The zero-order valence-electron chi connectivity index (χ0n) is 18.0. The van der Waals surface area contributed by atoms with E-state index in [0.29, 0.717) is 35.1 Å². The van der Waals surface area contributed by atoms with Crippen molar-refractivity contribution in [3.63, 3.8) is 0 Å². The molecule has 0 N–H and O–H groups in total. The number of allylic oxidation sites excluding steroid dienone is 4. The molecule has 2 aliphatic rings. The van der Waals surface area contributed by atoms with Gasteiger partial charge in [-0.2, -0.15) is 0 Å². The van der Waals surface area contributed by atoms with E-state index in [-0.39, 0.29) is 5.92 Å². The zero-order chi connectivity index (χ0) is 21.7. The molecule has 1 aromatic rings. The zero-order valence-corrected chi connectivity index (χ0v) is 18.0. The quantitative estimate of drug-likeness (QED) is 0.658. The summed E-state index contributed by atoms with van der Waals surface area (Å²) >= 11 is 0. The molecule has 0 saturated carbocycles. The van der Waals surface area contributed by atoms with Crippen LogP contribution in [0, 0.1) is 12.3 Å². The number of rotatable bonds is 6. The van der Waals surface area contributed by atoms with E-state index in [2.05, 4.69) is 23.0 Å². The van der Waals surface area contributed by atoms with Crippen LogP contribution in [0.2, 0.25) is 0 Å². The number of hydrogen-bond acceptors (Lipinski definition) is 6. The predicted molar refractivity (Wildman–Crippen MR) is 118 cm³/mol. The Labute approximate surface area is 177 Å². The van der Waals surface area contributed by atoms with Gasteiger partial charge >= 0.3 is 0 Å². The van der Waals surface area contributed by atoms with Crippen LogP contribution in [0.4, 0.5) is 0 Å². The van der Waals surface area contributed by atoms with Gasteiger partial charge in [-0.25, -0.2) is 0 Å². The van der Waals surface area contributed by atoms with E-state index >= 15 is 0 Å². The molecule has 0 fully saturated rings. The van der Waals surface area contributed by atoms with Gasteiger partial charge in [0.2, 0.25) is 0 Å². The van der Waals surface area contributed by atoms with Gasteiger partial charge in [-0.15, -0.1) is 16.6 Å². The lowest BCUT2D eigenvalue weighted by Crippen LogP contribution is -2.14. The first-order chi connectivity index (χ1) is 14.6. The largest absolute Gasteiger partial charge is 0.493 e. The summed E-state index contributed by atoms with van der Waals surface area (Å²) in [5, 5.41) is 9.00. The summed E-state index contributed by atoms with van der Waals surface area (Å²) in [6, 6.07) is 3.92. The molecule has 1 unspecified atom stereocenters. The third-order valence-electron chi connectivity index (χ3n) is 5.26. The van der Waals surface area contributed by atoms with Gasteiger partial charge in [-0.05, 0) is 48.3 Å². The molecule has 3 rings (SSSR count). The summed E-state index contributed by atoms with van der Waals surface area (Å²) in [7, 11) is 6.47. The first-order valence-corrected chi connectivity index (χ1v) is 9.69. The maximum atomic E-state index is 5.77. The van der Waals surface area contributed by atoms with Gasteiger partial charge in [0.05, 0.1) is 34.2 Å². The van der Waals surface area contributed by atoms with Crippen molar-refractivity contribution in [3.8, 4) is 23.8 Å². The van der Waals surface area contributed by atoms with Crippen molar-refractivity contribution in [3.05, 3.63) is 58.6 Å². The summed E-state index contributed by atoms with van der Waals surface area (Å²) < 4.78 is 22.0. The molecule has 1 aliphatic heterocycles. The fourth-order valence-electron chi connectivity index (χ4n) is 3.70. The van der Waals surface area contributed by atoms with Crippen LogP contribution in [0.3, 0.4) is 0 Å². The molecule has 6 nitrogen and oxygen atoms in total. The van der Waals surface area contributed by atoms with Gasteiger partial charge in [-0.1, -0.05) is 18.9 Å². The lowest BCUT2D eigenvalue weighted by molar-refractivity contribution is 0.220. The maximum absolute atomic E-state index is 5.77. The standard InChI is InChI=1S/C24H26N2O4/c1-7-16-17-13-22(29-5)23(30-6)14-18(17)24(26-25-19(16)8-2)15-9-11-20(27-3)21(28-4)12-10-15/h2,9,11-14,16H,7,10H2,1,3-6H3. The van der Waals surface area contributed by atoms with Crippen LogP contribution in [0.1, 0.15) is 36.8 Å². The molecule has 0 bridgehead atoms. The Morgan fingerprint density at radius 1 is 0.967 bits per heavy atom. The van der Waals surface area contributed by atoms with Crippen LogP contribution in [0.25, 0.3) is 0 Å². The molecule has 1 aliphatic carbocycles. The number of fused-ring (bicyclic) bond motifs is 1. The summed E-state index contributed by atoms with van der Waals surface area (Å²) in [6.07, 6.45) is 13.0. The van der Waals surface area contributed by atoms with Gasteiger partial charge in [0, 0.05) is 11.5 Å². The Balaban J connectivity index is 2.23.